The number of benzene rings is 11. The second-order valence-corrected chi connectivity index (χ2v) is 18.7. The van der Waals surface area contributed by atoms with Gasteiger partial charge in [-0.3, -0.25) is 0 Å². The Labute approximate surface area is 426 Å². The first-order valence-corrected chi connectivity index (χ1v) is 24.9. The highest BCUT2D eigenvalue weighted by molar-refractivity contribution is 5.99. The highest BCUT2D eigenvalue weighted by atomic mass is 15.0. The molecule has 0 atom stereocenters. The summed E-state index contributed by atoms with van der Waals surface area (Å²) in [6.07, 6.45) is 0. The lowest BCUT2D eigenvalue weighted by molar-refractivity contribution is 0.768. The molecule has 11 aromatic carbocycles. The molecule has 0 spiro atoms. The third-order valence-corrected chi connectivity index (χ3v) is 14.4. The Kier molecular flexibility index (Phi) is 11.1. The molecule has 0 unspecified atom stereocenters. The van der Waals surface area contributed by atoms with Crippen molar-refractivity contribution in [1.82, 2.24) is 15.0 Å². The van der Waals surface area contributed by atoms with Crippen LogP contribution in [0.4, 0.5) is 0 Å². The minimum atomic E-state index is -0.473. The average molecular weight is 930 g/mol. The molecule has 342 valence electrons. The van der Waals surface area contributed by atoms with Gasteiger partial charge in [0.1, 0.15) is 0 Å². The van der Waals surface area contributed by atoms with Crippen molar-refractivity contribution in [1.29, 1.82) is 0 Å². The zero-order chi connectivity index (χ0) is 48.6. The van der Waals surface area contributed by atoms with E-state index in [0.717, 1.165) is 38.9 Å². The predicted octanol–water partition coefficient (Wildman–Crippen LogP) is 17.6. The summed E-state index contributed by atoms with van der Waals surface area (Å²) in [6, 6.07) is 103. The topological polar surface area (TPSA) is 38.7 Å². The third-order valence-electron chi connectivity index (χ3n) is 14.4. The van der Waals surface area contributed by atoms with E-state index >= 15 is 0 Å². The molecule has 0 saturated heterocycles. The minimum absolute atomic E-state index is 0.473. The van der Waals surface area contributed by atoms with E-state index in [9.17, 15) is 0 Å². The van der Waals surface area contributed by atoms with E-state index in [1.165, 1.54) is 66.8 Å². The molecule has 0 aliphatic heterocycles. The lowest BCUT2D eigenvalue weighted by Gasteiger charge is -2.34. The van der Waals surface area contributed by atoms with E-state index in [2.05, 4.69) is 224 Å². The molecule has 0 bridgehead atoms. The van der Waals surface area contributed by atoms with Crippen molar-refractivity contribution in [3.8, 4) is 101 Å². The van der Waals surface area contributed by atoms with Gasteiger partial charge < -0.3 is 0 Å². The van der Waals surface area contributed by atoms with E-state index in [0.29, 0.717) is 17.5 Å². The number of hydrogen-bond donors (Lipinski definition) is 0. The first kappa shape index (κ1) is 43.5. The Morgan fingerprint density at radius 3 is 1.04 bits per heavy atom. The summed E-state index contributed by atoms with van der Waals surface area (Å²) in [4.78, 5) is 14.8. The molecule has 73 heavy (non-hydrogen) atoms. The van der Waals surface area contributed by atoms with E-state index < -0.39 is 5.41 Å². The van der Waals surface area contributed by atoms with Crippen LogP contribution in [0.3, 0.4) is 0 Å². The monoisotopic (exact) mass is 929 g/mol. The maximum absolute atomic E-state index is 4.97. The van der Waals surface area contributed by atoms with Gasteiger partial charge in [0, 0.05) is 16.7 Å². The second-order valence-electron chi connectivity index (χ2n) is 18.7. The molecule has 1 aromatic heterocycles. The zero-order valence-corrected chi connectivity index (χ0v) is 40.0. The largest absolute Gasteiger partial charge is 0.208 e. The number of nitrogens with zero attached hydrogens (tertiary/aromatic N) is 3. The predicted molar refractivity (Wildman–Crippen MR) is 301 cm³/mol. The third kappa shape index (κ3) is 7.85. The fourth-order valence-electron chi connectivity index (χ4n) is 11.0. The molecule has 1 aliphatic carbocycles. The number of fused-ring (bicyclic) bond motifs is 3. The molecule has 3 nitrogen and oxygen atoms in total. The fraction of sp³-hybridized carbons (Fsp3) is 0.0143. The summed E-state index contributed by atoms with van der Waals surface area (Å²) in [5.41, 5.74) is 21.6. The highest BCUT2D eigenvalue weighted by Gasteiger charge is 2.46. The van der Waals surface area contributed by atoms with Crippen molar-refractivity contribution in [3.63, 3.8) is 0 Å². The normalized spacial score (nSPS) is 12.2. The van der Waals surface area contributed by atoms with Crippen molar-refractivity contribution in [2.24, 2.45) is 0 Å². The quantitative estimate of drug-likeness (QED) is 0.137. The molecule has 0 fully saturated rings. The zero-order valence-electron chi connectivity index (χ0n) is 40.0. The lowest BCUT2D eigenvalue weighted by atomic mass is 9.67. The van der Waals surface area contributed by atoms with Crippen LogP contribution in [0.15, 0.2) is 285 Å². The van der Waals surface area contributed by atoms with Gasteiger partial charge in [-0.25, -0.2) is 15.0 Å². The molecule has 3 heteroatoms. The van der Waals surface area contributed by atoms with E-state index in [4.69, 9.17) is 15.0 Å². The van der Waals surface area contributed by atoms with Crippen molar-refractivity contribution in [3.05, 3.63) is 307 Å². The van der Waals surface area contributed by atoms with Gasteiger partial charge in [0.15, 0.2) is 17.5 Å². The molecule has 1 heterocycles. The molecule has 0 radical (unpaired) electrons. The van der Waals surface area contributed by atoms with E-state index in [1.807, 2.05) is 60.7 Å². The summed E-state index contributed by atoms with van der Waals surface area (Å²) in [7, 11) is 0. The summed E-state index contributed by atoms with van der Waals surface area (Å²) < 4.78 is 0. The van der Waals surface area contributed by atoms with Gasteiger partial charge in [0.25, 0.3) is 0 Å². The van der Waals surface area contributed by atoms with Crippen LogP contribution in [-0.2, 0) is 5.41 Å². The van der Waals surface area contributed by atoms with Crippen LogP contribution in [0.5, 0.6) is 0 Å². The van der Waals surface area contributed by atoms with Crippen LogP contribution in [0.25, 0.3) is 101 Å². The highest BCUT2D eigenvalue weighted by Crippen LogP contribution is 2.57. The molecule has 12 aromatic rings. The van der Waals surface area contributed by atoms with Crippen LogP contribution in [0.2, 0.25) is 0 Å². The summed E-state index contributed by atoms with van der Waals surface area (Å²) in [6.45, 7) is 0. The van der Waals surface area contributed by atoms with Crippen molar-refractivity contribution >= 4 is 0 Å². The van der Waals surface area contributed by atoms with Crippen LogP contribution >= 0.6 is 0 Å². The molecule has 13 rings (SSSR count). The lowest BCUT2D eigenvalue weighted by Crippen LogP contribution is -2.28. The Morgan fingerprint density at radius 1 is 0.205 bits per heavy atom. The standard InChI is InChI=1S/C70H47N3/c1-7-21-48(22-8-1)57-46-61(51-39-35-49(36-40-51)50-37-41-55(42-38-50)69-72-67(53-25-11-3-12-26-53)71-68(73-69)54-27-13-4-14-28-54)66(52-23-9-2-10-24-52)62(47-57)56-43-44-65-63(45-56)60-33-19-20-34-64(60)70(65,58-29-15-5-16-30-58)59-31-17-6-18-32-59/h1-47H. The van der Waals surface area contributed by atoms with Gasteiger partial charge in [-0.2, -0.15) is 0 Å². The van der Waals surface area contributed by atoms with Crippen LogP contribution in [0, 0.1) is 0 Å². The maximum Gasteiger partial charge on any atom is 0.164 e. The van der Waals surface area contributed by atoms with Gasteiger partial charge in [-0.15, -0.1) is 0 Å². The van der Waals surface area contributed by atoms with E-state index in [-0.39, 0.29) is 0 Å². The molecule has 0 saturated carbocycles. The number of hydrogen-bond acceptors (Lipinski definition) is 3. The molecular weight excluding hydrogens is 883 g/mol. The van der Waals surface area contributed by atoms with Crippen LogP contribution < -0.4 is 0 Å². The summed E-state index contributed by atoms with van der Waals surface area (Å²) >= 11 is 0. The molecule has 1 aliphatic rings. The Bertz CT molecular complexity index is 3800. The first-order valence-electron chi connectivity index (χ1n) is 24.9. The second kappa shape index (κ2) is 18.6. The van der Waals surface area contributed by atoms with Gasteiger partial charge >= 0.3 is 0 Å². The minimum Gasteiger partial charge on any atom is -0.208 e. The Morgan fingerprint density at radius 2 is 0.534 bits per heavy atom. The van der Waals surface area contributed by atoms with Crippen molar-refractivity contribution in [2.45, 2.75) is 5.41 Å². The molecule has 0 amide bonds. The Balaban J connectivity index is 0.933. The average Bonchev–Trinajstić information content (AvgIpc) is 3.79. The van der Waals surface area contributed by atoms with Gasteiger partial charge in [-0.1, -0.05) is 267 Å². The molecule has 0 N–H and O–H groups in total. The number of rotatable bonds is 10. The summed E-state index contributed by atoms with van der Waals surface area (Å²) in [5.74, 6) is 1.93. The van der Waals surface area contributed by atoms with Gasteiger partial charge in [-0.05, 0) is 107 Å². The van der Waals surface area contributed by atoms with Crippen molar-refractivity contribution in [2.75, 3.05) is 0 Å². The summed E-state index contributed by atoms with van der Waals surface area (Å²) in [5, 5.41) is 0. The van der Waals surface area contributed by atoms with E-state index in [1.54, 1.807) is 0 Å². The Hall–Kier alpha value is -9.57. The number of aromatic nitrogens is 3. The van der Waals surface area contributed by atoms with Crippen molar-refractivity contribution < 1.29 is 0 Å². The first-order chi connectivity index (χ1) is 36.2. The molecular formula is C70H47N3. The van der Waals surface area contributed by atoms with Crippen LogP contribution in [-0.4, -0.2) is 15.0 Å². The van der Waals surface area contributed by atoms with Crippen LogP contribution in [0.1, 0.15) is 22.3 Å². The van der Waals surface area contributed by atoms with Gasteiger partial charge in [0.05, 0.1) is 5.41 Å². The smallest absolute Gasteiger partial charge is 0.164 e. The maximum atomic E-state index is 4.97. The SMILES string of the molecule is c1ccc(-c2cc(-c3ccc(-c4ccc(-c5nc(-c6ccccc6)nc(-c6ccccc6)n5)cc4)cc3)c(-c3ccccc3)c(-c3ccc4c(c3)-c3ccccc3C4(c3ccccc3)c3ccccc3)c2)cc1. The fourth-order valence-corrected chi connectivity index (χ4v) is 11.0. The van der Waals surface area contributed by atoms with Gasteiger partial charge in [0.2, 0.25) is 0 Å².